The van der Waals surface area contributed by atoms with Crippen LogP contribution < -0.4 is 5.32 Å². The zero-order chi connectivity index (χ0) is 9.84. The highest BCUT2D eigenvalue weighted by Crippen LogP contribution is 2.33. The van der Waals surface area contributed by atoms with Crippen LogP contribution in [0.4, 0.5) is 0 Å². The van der Waals surface area contributed by atoms with Crippen LogP contribution in [-0.2, 0) is 0 Å². The van der Waals surface area contributed by atoms with Gasteiger partial charge in [0, 0.05) is 12.1 Å². The summed E-state index contributed by atoms with van der Waals surface area (Å²) in [7, 11) is 0. The van der Waals surface area contributed by atoms with E-state index in [0.717, 1.165) is 23.9 Å². The van der Waals surface area contributed by atoms with Crippen LogP contribution in [0.3, 0.4) is 0 Å². The maximum absolute atomic E-state index is 3.70. The summed E-state index contributed by atoms with van der Waals surface area (Å²) in [5, 5.41) is 3.70. The number of rotatable bonds is 5. The largest absolute Gasteiger partial charge is 0.311 e. The first kappa shape index (κ1) is 11.0. The highest BCUT2D eigenvalue weighted by Gasteiger charge is 2.31. The molecule has 0 radical (unpaired) electrons. The predicted molar refractivity (Wildman–Crippen MR) is 58.9 cm³/mol. The van der Waals surface area contributed by atoms with Gasteiger partial charge in [-0.1, -0.05) is 27.2 Å². The van der Waals surface area contributed by atoms with Crippen molar-refractivity contribution in [3.63, 3.8) is 0 Å². The third kappa shape index (κ3) is 3.30. The second-order valence-electron chi connectivity index (χ2n) is 5.03. The van der Waals surface area contributed by atoms with Crippen LogP contribution in [0.25, 0.3) is 0 Å². The summed E-state index contributed by atoms with van der Waals surface area (Å²) in [5.41, 5.74) is 0. The van der Waals surface area contributed by atoms with E-state index in [1.807, 2.05) is 0 Å². The maximum atomic E-state index is 3.70. The first-order chi connectivity index (χ1) is 6.13. The van der Waals surface area contributed by atoms with Crippen LogP contribution in [-0.4, -0.2) is 12.1 Å². The highest BCUT2D eigenvalue weighted by molar-refractivity contribution is 4.87. The number of hydrogen-bond donors (Lipinski definition) is 1. The molecule has 1 saturated carbocycles. The molecule has 1 unspecified atom stereocenters. The SMILES string of the molecule is CCCC(C)NC1CC(C(C)C)C1. The maximum Gasteiger partial charge on any atom is 0.00750 e. The quantitative estimate of drug-likeness (QED) is 0.690. The lowest BCUT2D eigenvalue weighted by Crippen LogP contribution is -2.46. The van der Waals surface area contributed by atoms with Crippen molar-refractivity contribution in [1.82, 2.24) is 5.32 Å². The minimum atomic E-state index is 0.725. The normalized spacial score (nSPS) is 30.2. The van der Waals surface area contributed by atoms with E-state index in [1.54, 1.807) is 0 Å². The van der Waals surface area contributed by atoms with Crippen LogP contribution in [0, 0.1) is 11.8 Å². The summed E-state index contributed by atoms with van der Waals surface area (Å²) < 4.78 is 0. The molecule has 1 heteroatoms. The summed E-state index contributed by atoms with van der Waals surface area (Å²) in [4.78, 5) is 0. The molecule has 0 aromatic rings. The number of hydrogen-bond acceptors (Lipinski definition) is 1. The van der Waals surface area contributed by atoms with Gasteiger partial charge in [0.15, 0.2) is 0 Å². The molecule has 0 saturated heterocycles. The van der Waals surface area contributed by atoms with Gasteiger partial charge in [0.1, 0.15) is 0 Å². The molecule has 1 nitrogen and oxygen atoms in total. The van der Waals surface area contributed by atoms with Gasteiger partial charge in [-0.25, -0.2) is 0 Å². The third-order valence-electron chi connectivity index (χ3n) is 3.36. The van der Waals surface area contributed by atoms with Crippen molar-refractivity contribution in [3.05, 3.63) is 0 Å². The van der Waals surface area contributed by atoms with Gasteiger partial charge in [-0.15, -0.1) is 0 Å². The molecule has 0 amide bonds. The molecule has 0 bridgehead atoms. The van der Waals surface area contributed by atoms with E-state index in [4.69, 9.17) is 0 Å². The monoisotopic (exact) mass is 183 g/mol. The van der Waals surface area contributed by atoms with Crippen LogP contribution in [0.15, 0.2) is 0 Å². The molecular weight excluding hydrogens is 158 g/mol. The first-order valence-electron chi connectivity index (χ1n) is 5.89. The molecule has 0 aromatic heterocycles. The molecular formula is C12H25N. The van der Waals surface area contributed by atoms with Crippen molar-refractivity contribution in [2.45, 2.75) is 65.5 Å². The van der Waals surface area contributed by atoms with E-state index in [1.165, 1.54) is 25.7 Å². The summed E-state index contributed by atoms with van der Waals surface area (Å²) in [6.45, 7) is 9.26. The van der Waals surface area contributed by atoms with Crippen molar-refractivity contribution >= 4 is 0 Å². The van der Waals surface area contributed by atoms with Crippen molar-refractivity contribution < 1.29 is 0 Å². The van der Waals surface area contributed by atoms with Gasteiger partial charge >= 0.3 is 0 Å². The number of nitrogens with one attached hydrogen (secondary N) is 1. The van der Waals surface area contributed by atoms with Crippen molar-refractivity contribution in [2.75, 3.05) is 0 Å². The Morgan fingerprint density at radius 3 is 2.31 bits per heavy atom. The van der Waals surface area contributed by atoms with Crippen molar-refractivity contribution in [1.29, 1.82) is 0 Å². The molecule has 1 N–H and O–H groups in total. The van der Waals surface area contributed by atoms with Gasteiger partial charge in [-0.3, -0.25) is 0 Å². The summed E-state index contributed by atoms with van der Waals surface area (Å²) in [6, 6.07) is 1.55. The summed E-state index contributed by atoms with van der Waals surface area (Å²) >= 11 is 0. The topological polar surface area (TPSA) is 12.0 Å². The molecule has 78 valence electrons. The molecule has 1 aliphatic rings. The average Bonchev–Trinajstić information content (AvgIpc) is 1.95. The van der Waals surface area contributed by atoms with E-state index in [-0.39, 0.29) is 0 Å². The van der Waals surface area contributed by atoms with Gasteiger partial charge in [0.25, 0.3) is 0 Å². The first-order valence-corrected chi connectivity index (χ1v) is 5.89. The minimum Gasteiger partial charge on any atom is -0.311 e. The molecule has 1 fully saturated rings. The lowest BCUT2D eigenvalue weighted by Gasteiger charge is -2.40. The zero-order valence-corrected chi connectivity index (χ0v) is 9.64. The van der Waals surface area contributed by atoms with Gasteiger partial charge in [0.2, 0.25) is 0 Å². The Morgan fingerprint density at radius 1 is 1.23 bits per heavy atom. The van der Waals surface area contributed by atoms with Crippen LogP contribution in [0.2, 0.25) is 0 Å². The van der Waals surface area contributed by atoms with Gasteiger partial charge in [-0.2, -0.15) is 0 Å². The Balaban J connectivity index is 2.07. The molecule has 1 aliphatic carbocycles. The van der Waals surface area contributed by atoms with Gasteiger partial charge in [-0.05, 0) is 38.0 Å². The fraction of sp³-hybridized carbons (Fsp3) is 1.00. The molecule has 13 heavy (non-hydrogen) atoms. The van der Waals surface area contributed by atoms with E-state index in [2.05, 4.69) is 33.0 Å². The fourth-order valence-corrected chi connectivity index (χ4v) is 2.26. The predicted octanol–water partition coefficient (Wildman–Crippen LogP) is 3.20. The van der Waals surface area contributed by atoms with E-state index >= 15 is 0 Å². The Hall–Kier alpha value is -0.0400. The summed E-state index contributed by atoms with van der Waals surface area (Å²) in [6.07, 6.45) is 5.44. The highest BCUT2D eigenvalue weighted by atomic mass is 15.0. The second kappa shape index (κ2) is 4.99. The Bertz CT molecular complexity index is 136. The summed E-state index contributed by atoms with van der Waals surface area (Å²) in [5.74, 6) is 1.88. The van der Waals surface area contributed by atoms with E-state index in [9.17, 15) is 0 Å². The van der Waals surface area contributed by atoms with E-state index in [0.29, 0.717) is 0 Å². The van der Waals surface area contributed by atoms with E-state index < -0.39 is 0 Å². The minimum absolute atomic E-state index is 0.725. The second-order valence-corrected chi connectivity index (χ2v) is 5.03. The average molecular weight is 183 g/mol. The molecule has 1 rings (SSSR count). The Morgan fingerprint density at radius 2 is 1.85 bits per heavy atom. The molecule has 0 aromatic carbocycles. The third-order valence-corrected chi connectivity index (χ3v) is 3.36. The Kier molecular flexibility index (Phi) is 4.24. The Labute approximate surface area is 83.3 Å². The molecule has 1 atom stereocenters. The van der Waals surface area contributed by atoms with Crippen LogP contribution in [0.1, 0.15) is 53.4 Å². The zero-order valence-electron chi connectivity index (χ0n) is 9.64. The molecule has 0 spiro atoms. The van der Waals surface area contributed by atoms with Crippen molar-refractivity contribution in [3.8, 4) is 0 Å². The van der Waals surface area contributed by atoms with Gasteiger partial charge in [0.05, 0.1) is 0 Å². The standard InChI is InChI=1S/C12H25N/c1-5-6-10(4)13-12-7-11(8-12)9(2)3/h9-13H,5-8H2,1-4H3. The van der Waals surface area contributed by atoms with Crippen LogP contribution in [0.5, 0.6) is 0 Å². The lowest BCUT2D eigenvalue weighted by molar-refractivity contribution is 0.157. The van der Waals surface area contributed by atoms with Gasteiger partial charge < -0.3 is 5.32 Å². The lowest BCUT2D eigenvalue weighted by atomic mass is 9.73. The molecule has 0 heterocycles. The van der Waals surface area contributed by atoms with Crippen molar-refractivity contribution in [2.24, 2.45) is 11.8 Å². The fourth-order valence-electron chi connectivity index (χ4n) is 2.26. The van der Waals surface area contributed by atoms with Crippen LogP contribution >= 0.6 is 0 Å². The molecule has 0 aliphatic heterocycles. The smallest absolute Gasteiger partial charge is 0.00750 e.